The minimum atomic E-state index is -1.85. The van der Waals surface area contributed by atoms with Crippen molar-refractivity contribution in [2.45, 2.75) is 82.8 Å². The number of nitrogens with zero attached hydrogens (tertiary/aromatic N) is 5. The number of likely N-dealkylation sites (N-methyl/N-ethyl adjacent to an activating group) is 1. The number of aromatic nitrogens is 2. The van der Waals surface area contributed by atoms with Crippen molar-refractivity contribution in [2.75, 3.05) is 46.3 Å². The van der Waals surface area contributed by atoms with E-state index < -0.39 is 49.8 Å². The van der Waals surface area contributed by atoms with E-state index in [1.54, 1.807) is 63.7 Å². The van der Waals surface area contributed by atoms with Crippen LogP contribution in [0.15, 0.2) is 120 Å². The summed E-state index contributed by atoms with van der Waals surface area (Å²) in [6, 6.07) is 36.3. The highest BCUT2D eigenvalue weighted by Crippen LogP contribution is 2.55. The standard InChI is InChI=1S/C49H57N6O9P/c1-33(2)55(34(3)4)65(61-29-15-28-50)64-43-42-46(54-30-35(5)44(52-47(54)57)51-45(56)36-16-11-9-12-17-36)62-48(43,31-53(6)63-42)32-60-49(37-18-13-10-14-19-37,38-20-24-40(58-7)25-21-38)39-22-26-41(59-8)27-23-39/h9-14,16-27,30,33-34,42-43,46H,15,29,31-32H2,1-8H3,(H,51,52,56,57)/t42-,43+,46-,48-,65?/m1/s1. The smallest absolute Gasteiger partial charge is 0.351 e. The Balaban J connectivity index is 1.37. The number of ether oxygens (including phenoxy) is 4. The monoisotopic (exact) mass is 904 g/mol. The van der Waals surface area contributed by atoms with Crippen LogP contribution < -0.4 is 20.5 Å². The maximum absolute atomic E-state index is 14.2. The van der Waals surface area contributed by atoms with Crippen LogP contribution in [0.4, 0.5) is 5.82 Å². The maximum Gasteiger partial charge on any atom is 0.351 e. The molecule has 65 heavy (non-hydrogen) atoms. The van der Waals surface area contributed by atoms with E-state index >= 15 is 0 Å². The fraction of sp³-hybridized carbons (Fsp3) is 0.388. The lowest BCUT2D eigenvalue weighted by atomic mass is 9.79. The van der Waals surface area contributed by atoms with Crippen LogP contribution in [0.3, 0.4) is 0 Å². The van der Waals surface area contributed by atoms with Crippen molar-refractivity contribution in [1.29, 1.82) is 5.26 Å². The summed E-state index contributed by atoms with van der Waals surface area (Å²) in [5.41, 5.74) is 0.165. The summed E-state index contributed by atoms with van der Waals surface area (Å²) in [7, 11) is 3.20. The molecule has 2 aliphatic heterocycles. The molecule has 1 aromatic heterocycles. The van der Waals surface area contributed by atoms with Gasteiger partial charge in [-0.25, -0.2) is 9.46 Å². The third kappa shape index (κ3) is 10.0. The van der Waals surface area contributed by atoms with Crippen molar-refractivity contribution in [1.82, 2.24) is 19.3 Å². The molecule has 5 atom stereocenters. The van der Waals surface area contributed by atoms with E-state index in [0.717, 1.165) is 16.7 Å². The SMILES string of the molecule is COc1ccc(C(OC[C@@]23CN(C)O[C@@H]([C@H](n4cc(C)c(NC(=O)c5ccccc5)nc4=O)O2)[C@@H]3OP(OCCC#N)N(C(C)C)C(C)C)(c2ccccc2)c2ccc(OC)cc2)cc1. The van der Waals surface area contributed by atoms with Crippen molar-refractivity contribution < 1.29 is 37.6 Å². The minimum Gasteiger partial charge on any atom is -0.497 e. The largest absolute Gasteiger partial charge is 0.497 e. The zero-order valence-electron chi connectivity index (χ0n) is 38.0. The number of amides is 1. The van der Waals surface area contributed by atoms with Crippen molar-refractivity contribution >= 4 is 20.3 Å². The van der Waals surface area contributed by atoms with Gasteiger partial charge >= 0.3 is 5.69 Å². The molecule has 2 fully saturated rings. The molecule has 3 heterocycles. The number of hydrogen-bond donors (Lipinski definition) is 1. The lowest BCUT2D eigenvalue weighted by Gasteiger charge is -2.46. The van der Waals surface area contributed by atoms with Crippen LogP contribution in [-0.2, 0) is 29.0 Å². The van der Waals surface area contributed by atoms with Crippen LogP contribution in [0.5, 0.6) is 11.5 Å². The summed E-state index contributed by atoms with van der Waals surface area (Å²) < 4.78 is 43.2. The average molecular weight is 905 g/mol. The lowest BCUT2D eigenvalue weighted by Crippen LogP contribution is -2.61. The molecule has 0 saturated carbocycles. The van der Waals surface area contributed by atoms with Crippen LogP contribution in [0.1, 0.15) is 73.0 Å². The zero-order valence-corrected chi connectivity index (χ0v) is 38.9. The fourth-order valence-electron chi connectivity index (χ4n) is 8.55. The molecule has 0 radical (unpaired) electrons. The topological polar surface area (TPSA) is 159 Å². The first-order valence-electron chi connectivity index (χ1n) is 21.6. The molecule has 4 aromatic carbocycles. The number of methoxy groups -OCH3 is 2. The number of aryl methyl sites for hydroxylation is 1. The Morgan fingerprint density at radius 1 is 0.923 bits per heavy atom. The highest BCUT2D eigenvalue weighted by Gasteiger charge is 2.64. The number of rotatable bonds is 19. The Kier molecular flexibility index (Phi) is 15.1. The van der Waals surface area contributed by atoms with Gasteiger partial charge in [-0.3, -0.25) is 14.2 Å². The minimum absolute atomic E-state index is 0.0130. The Labute approximate surface area is 381 Å². The average Bonchev–Trinajstić information content (AvgIpc) is 3.48. The van der Waals surface area contributed by atoms with E-state index in [-0.39, 0.29) is 44.1 Å². The molecule has 1 N–H and O–H groups in total. The molecular formula is C49H57N6O9P. The van der Waals surface area contributed by atoms with Gasteiger partial charge in [0.1, 0.15) is 34.6 Å². The second-order valence-electron chi connectivity index (χ2n) is 16.6. The van der Waals surface area contributed by atoms with Gasteiger partial charge in [-0.2, -0.15) is 15.3 Å². The van der Waals surface area contributed by atoms with E-state index in [1.807, 2.05) is 84.9 Å². The number of nitriles is 1. The van der Waals surface area contributed by atoms with Gasteiger partial charge in [0.2, 0.25) is 0 Å². The van der Waals surface area contributed by atoms with Crippen molar-refractivity contribution in [2.24, 2.45) is 0 Å². The number of fused-ring (bicyclic) bond motifs is 2. The summed E-state index contributed by atoms with van der Waals surface area (Å²) in [6.07, 6.45) is -1.15. The van der Waals surface area contributed by atoms with Gasteiger partial charge in [-0.15, -0.1) is 0 Å². The summed E-state index contributed by atoms with van der Waals surface area (Å²) in [5.74, 6) is 1.08. The van der Waals surface area contributed by atoms with Crippen LogP contribution >= 0.6 is 8.53 Å². The number of hydrogen-bond acceptors (Lipinski definition) is 13. The first-order chi connectivity index (χ1) is 31.3. The molecule has 0 aliphatic carbocycles. The second kappa shape index (κ2) is 20.8. The molecule has 2 saturated heterocycles. The molecule has 2 bridgehead atoms. The summed E-state index contributed by atoms with van der Waals surface area (Å²) in [4.78, 5) is 38.4. The van der Waals surface area contributed by atoms with Crippen molar-refractivity contribution in [3.63, 3.8) is 0 Å². The number of hydroxylamine groups is 2. The number of carbonyl (C=O) groups excluding carboxylic acids is 1. The Bertz CT molecular complexity index is 2410. The first kappa shape index (κ1) is 47.4. The maximum atomic E-state index is 14.2. The zero-order chi connectivity index (χ0) is 46.3. The molecule has 5 aromatic rings. The van der Waals surface area contributed by atoms with Gasteiger partial charge in [0, 0.05) is 36.5 Å². The third-order valence-corrected chi connectivity index (χ3v) is 13.6. The third-order valence-electron chi connectivity index (χ3n) is 11.5. The Morgan fingerprint density at radius 2 is 1.49 bits per heavy atom. The molecule has 342 valence electrons. The molecule has 0 spiro atoms. The van der Waals surface area contributed by atoms with E-state index in [0.29, 0.717) is 22.6 Å². The van der Waals surface area contributed by atoms with E-state index in [4.69, 9.17) is 32.8 Å². The van der Waals surface area contributed by atoms with Crippen LogP contribution in [-0.4, -0.2) is 96.1 Å². The van der Waals surface area contributed by atoms with Gasteiger partial charge in [0.15, 0.2) is 12.3 Å². The summed E-state index contributed by atoms with van der Waals surface area (Å²) in [5, 5.41) is 14.0. The van der Waals surface area contributed by atoms with Gasteiger partial charge in [0.05, 0.1) is 46.5 Å². The Morgan fingerprint density at radius 3 is 2.05 bits per heavy atom. The molecule has 7 rings (SSSR count). The van der Waals surface area contributed by atoms with Crippen LogP contribution in [0.25, 0.3) is 0 Å². The number of nitrogens with one attached hydrogen (secondary N) is 1. The van der Waals surface area contributed by atoms with Crippen molar-refractivity contribution in [3.8, 4) is 17.6 Å². The normalized spacial score (nSPS) is 20.2. The van der Waals surface area contributed by atoms with E-state index in [2.05, 4.69) is 48.7 Å². The second-order valence-corrected chi connectivity index (χ2v) is 18.0. The molecule has 1 amide bonds. The summed E-state index contributed by atoms with van der Waals surface area (Å²) in [6.45, 7) is 10.2. The molecule has 16 heteroatoms. The predicted octanol–water partition coefficient (Wildman–Crippen LogP) is 8.00. The van der Waals surface area contributed by atoms with E-state index in [1.165, 1.54) is 4.57 Å². The predicted molar refractivity (Wildman–Crippen MR) is 246 cm³/mol. The lowest BCUT2D eigenvalue weighted by molar-refractivity contribution is -0.258. The number of carbonyl (C=O) groups is 1. The number of anilines is 1. The van der Waals surface area contributed by atoms with Gasteiger partial charge in [-0.05, 0) is 87.7 Å². The van der Waals surface area contributed by atoms with Gasteiger partial charge in [-0.1, -0.05) is 72.8 Å². The number of benzene rings is 4. The summed E-state index contributed by atoms with van der Waals surface area (Å²) >= 11 is 0. The fourth-order valence-corrected chi connectivity index (χ4v) is 10.4. The van der Waals surface area contributed by atoms with Gasteiger partial charge < -0.3 is 33.3 Å². The van der Waals surface area contributed by atoms with Crippen LogP contribution in [0.2, 0.25) is 0 Å². The molecule has 2 aliphatic rings. The highest BCUT2D eigenvalue weighted by atomic mass is 31.2. The Hall–Kier alpha value is -5.53. The van der Waals surface area contributed by atoms with Crippen molar-refractivity contribution in [3.05, 3.63) is 154 Å². The molecule has 1 unspecified atom stereocenters. The highest BCUT2D eigenvalue weighted by molar-refractivity contribution is 7.44. The van der Waals surface area contributed by atoms with E-state index in [9.17, 15) is 14.9 Å². The molecular weight excluding hydrogens is 848 g/mol. The molecule has 15 nitrogen and oxygen atoms in total. The van der Waals surface area contributed by atoms with Gasteiger partial charge in [0.25, 0.3) is 14.4 Å². The first-order valence-corrected chi connectivity index (χ1v) is 22.7. The quantitative estimate of drug-likeness (QED) is 0.0483. The van der Waals surface area contributed by atoms with Crippen LogP contribution in [0, 0.1) is 18.3 Å².